The van der Waals surface area contributed by atoms with Crippen molar-refractivity contribution in [1.29, 1.82) is 0 Å². The third-order valence-electron chi connectivity index (χ3n) is 2.64. The highest BCUT2D eigenvalue weighted by atomic mass is 35.5. The molecule has 4 nitrogen and oxygen atoms in total. The Morgan fingerprint density at radius 3 is 2.30 bits per heavy atom. The standard InChI is InChI=1S/C13H8Cl3NO3/c1-20-10-5-17-4-7(11(10)13(18)19)6-2-8(14)12(16)9(15)3-6/h2-5H,1H3,(H,18,19). The molecule has 104 valence electrons. The predicted octanol–water partition coefficient (Wildman–Crippen LogP) is 4.42. The lowest BCUT2D eigenvalue weighted by Gasteiger charge is -2.11. The second-order valence-corrected chi connectivity index (χ2v) is 5.02. The largest absolute Gasteiger partial charge is 0.494 e. The highest BCUT2D eigenvalue weighted by Crippen LogP contribution is 2.37. The van der Waals surface area contributed by atoms with Crippen LogP contribution < -0.4 is 4.74 Å². The van der Waals surface area contributed by atoms with Gasteiger partial charge in [0.25, 0.3) is 0 Å². The van der Waals surface area contributed by atoms with E-state index in [2.05, 4.69) is 4.98 Å². The maximum atomic E-state index is 11.4. The van der Waals surface area contributed by atoms with Gasteiger partial charge in [-0.25, -0.2) is 4.79 Å². The van der Waals surface area contributed by atoms with Crippen LogP contribution >= 0.6 is 34.8 Å². The summed E-state index contributed by atoms with van der Waals surface area (Å²) in [5.41, 5.74) is 0.822. The lowest BCUT2D eigenvalue weighted by atomic mass is 10.0. The van der Waals surface area contributed by atoms with Crippen molar-refractivity contribution in [2.24, 2.45) is 0 Å². The average Bonchev–Trinajstić information content (AvgIpc) is 2.43. The number of methoxy groups -OCH3 is 1. The van der Waals surface area contributed by atoms with Crippen molar-refractivity contribution in [2.75, 3.05) is 7.11 Å². The maximum absolute atomic E-state index is 11.4. The molecule has 0 amide bonds. The zero-order valence-electron chi connectivity index (χ0n) is 10.2. The topological polar surface area (TPSA) is 59.4 Å². The first-order valence-electron chi connectivity index (χ1n) is 5.36. The van der Waals surface area contributed by atoms with Gasteiger partial charge in [-0.3, -0.25) is 4.98 Å². The van der Waals surface area contributed by atoms with E-state index >= 15 is 0 Å². The van der Waals surface area contributed by atoms with Crippen molar-refractivity contribution in [3.05, 3.63) is 45.2 Å². The van der Waals surface area contributed by atoms with Crippen molar-refractivity contribution in [3.63, 3.8) is 0 Å². The average molecular weight is 333 g/mol. The van der Waals surface area contributed by atoms with E-state index in [0.717, 1.165) is 0 Å². The minimum absolute atomic E-state index is 0.0167. The highest BCUT2D eigenvalue weighted by Gasteiger charge is 2.19. The van der Waals surface area contributed by atoms with Crippen LogP contribution in [0.1, 0.15) is 10.4 Å². The summed E-state index contributed by atoms with van der Waals surface area (Å²) >= 11 is 17.8. The second-order valence-electron chi connectivity index (χ2n) is 3.82. The smallest absolute Gasteiger partial charge is 0.340 e. The molecule has 0 bridgehead atoms. The Hall–Kier alpha value is -1.49. The van der Waals surface area contributed by atoms with Gasteiger partial charge in [-0.1, -0.05) is 34.8 Å². The van der Waals surface area contributed by atoms with Crippen LogP contribution in [0, 0.1) is 0 Å². The number of benzene rings is 1. The summed E-state index contributed by atoms with van der Waals surface area (Å²) in [5.74, 6) is -0.987. The predicted molar refractivity (Wildman–Crippen MR) is 78.2 cm³/mol. The number of hydrogen-bond acceptors (Lipinski definition) is 3. The third-order valence-corrected chi connectivity index (χ3v) is 3.84. The number of pyridine rings is 1. The number of carboxylic acids is 1. The first-order chi connectivity index (χ1) is 9.45. The molecular formula is C13H8Cl3NO3. The lowest BCUT2D eigenvalue weighted by molar-refractivity contribution is 0.0694. The summed E-state index contributed by atoms with van der Waals surface area (Å²) in [6, 6.07) is 3.05. The van der Waals surface area contributed by atoms with Crippen LogP contribution in [0.2, 0.25) is 15.1 Å². The Labute approximate surface area is 129 Å². The molecule has 1 aromatic heterocycles. The fraction of sp³-hybridized carbons (Fsp3) is 0.0769. The Balaban J connectivity index is 2.73. The summed E-state index contributed by atoms with van der Waals surface area (Å²) < 4.78 is 5.02. The monoisotopic (exact) mass is 331 g/mol. The highest BCUT2D eigenvalue weighted by molar-refractivity contribution is 6.48. The molecule has 2 aromatic rings. The zero-order chi connectivity index (χ0) is 14.9. The van der Waals surface area contributed by atoms with Crippen LogP contribution in [0.4, 0.5) is 0 Å². The fourth-order valence-corrected chi connectivity index (χ4v) is 2.34. The Morgan fingerprint density at radius 1 is 1.20 bits per heavy atom. The summed E-state index contributed by atoms with van der Waals surface area (Å²) in [7, 11) is 1.37. The van der Waals surface area contributed by atoms with Gasteiger partial charge in [0.2, 0.25) is 0 Å². The van der Waals surface area contributed by atoms with E-state index in [1.807, 2.05) is 0 Å². The molecule has 0 spiro atoms. The number of ether oxygens (including phenoxy) is 1. The molecule has 0 fully saturated rings. The van der Waals surface area contributed by atoms with Crippen molar-refractivity contribution in [3.8, 4) is 16.9 Å². The van der Waals surface area contributed by atoms with Crippen molar-refractivity contribution < 1.29 is 14.6 Å². The second kappa shape index (κ2) is 5.87. The van der Waals surface area contributed by atoms with Crippen LogP contribution in [0.3, 0.4) is 0 Å². The van der Waals surface area contributed by atoms with Gasteiger partial charge in [0.05, 0.1) is 28.4 Å². The van der Waals surface area contributed by atoms with Crippen molar-refractivity contribution in [2.45, 2.75) is 0 Å². The van der Waals surface area contributed by atoms with Gasteiger partial charge in [0.1, 0.15) is 5.56 Å². The molecular weight excluding hydrogens is 325 g/mol. The molecule has 1 aromatic carbocycles. The van der Waals surface area contributed by atoms with Crippen LogP contribution in [0.5, 0.6) is 5.75 Å². The first-order valence-corrected chi connectivity index (χ1v) is 6.49. The normalized spacial score (nSPS) is 10.4. The van der Waals surface area contributed by atoms with Crippen LogP contribution in [-0.2, 0) is 0 Å². The summed E-state index contributed by atoms with van der Waals surface area (Å²) in [6.45, 7) is 0. The molecule has 0 saturated heterocycles. The van der Waals surface area contributed by atoms with Gasteiger partial charge in [0.15, 0.2) is 5.75 Å². The van der Waals surface area contributed by atoms with E-state index in [4.69, 9.17) is 39.5 Å². The molecule has 0 unspecified atom stereocenters. The number of nitrogens with zero attached hydrogens (tertiary/aromatic N) is 1. The SMILES string of the molecule is COc1cncc(-c2cc(Cl)c(Cl)c(Cl)c2)c1C(=O)O. The molecule has 20 heavy (non-hydrogen) atoms. The molecule has 0 radical (unpaired) electrons. The molecule has 1 heterocycles. The molecule has 1 N–H and O–H groups in total. The maximum Gasteiger partial charge on any atom is 0.340 e. The third kappa shape index (κ3) is 2.68. The van der Waals surface area contributed by atoms with Crippen molar-refractivity contribution >= 4 is 40.8 Å². The van der Waals surface area contributed by atoms with E-state index in [1.165, 1.54) is 31.6 Å². The molecule has 7 heteroatoms. The van der Waals surface area contributed by atoms with E-state index in [0.29, 0.717) is 11.1 Å². The van der Waals surface area contributed by atoms with Crippen LogP contribution in [0.25, 0.3) is 11.1 Å². The van der Waals surface area contributed by atoms with Crippen LogP contribution in [0.15, 0.2) is 24.5 Å². The van der Waals surface area contributed by atoms with Gasteiger partial charge in [-0.2, -0.15) is 0 Å². The summed E-state index contributed by atoms with van der Waals surface area (Å²) in [6.07, 6.45) is 2.73. The number of carbonyl (C=O) groups is 1. The molecule has 0 saturated carbocycles. The van der Waals surface area contributed by atoms with E-state index in [9.17, 15) is 9.90 Å². The van der Waals surface area contributed by atoms with Crippen molar-refractivity contribution in [1.82, 2.24) is 4.98 Å². The van der Waals surface area contributed by atoms with E-state index < -0.39 is 5.97 Å². The van der Waals surface area contributed by atoms with Gasteiger partial charge in [-0.15, -0.1) is 0 Å². The molecule has 0 aliphatic rings. The first kappa shape index (κ1) is 14.9. The number of aromatic carboxylic acids is 1. The Morgan fingerprint density at radius 2 is 1.80 bits per heavy atom. The number of aromatic nitrogens is 1. The van der Waals surface area contributed by atoms with E-state index in [1.54, 1.807) is 0 Å². The molecule has 0 aliphatic carbocycles. The number of halogens is 3. The quantitative estimate of drug-likeness (QED) is 0.845. The molecule has 0 aliphatic heterocycles. The number of carboxylic acid groups (broad SMARTS) is 1. The molecule has 2 rings (SSSR count). The van der Waals surface area contributed by atoms with Gasteiger partial charge < -0.3 is 9.84 Å². The lowest BCUT2D eigenvalue weighted by Crippen LogP contribution is -2.04. The Kier molecular flexibility index (Phi) is 4.38. The van der Waals surface area contributed by atoms with E-state index in [-0.39, 0.29) is 26.4 Å². The minimum Gasteiger partial charge on any atom is -0.494 e. The fourth-order valence-electron chi connectivity index (χ4n) is 1.75. The zero-order valence-corrected chi connectivity index (χ0v) is 12.4. The number of rotatable bonds is 3. The molecule has 0 atom stereocenters. The van der Waals surface area contributed by atoms with Gasteiger partial charge >= 0.3 is 5.97 Å². The van der Waals surface area contributed by atoms with Gasteiger partial charge in [-0.05, 0) is 17.7 Å². The summed E-state index contributed by atoms with van der Waals surface area (Å²) in [4.78, 5) is 15.4. The number of hydrogen-bond donors (Lipinski definition) is 1. The Bertz CT molecular complexity index is 666. The summed E-state index contributed by atoms with van der Waals surface area (Å²) in [5, 5.41) is 10.0. The minimum atomic E-state index is -1.14. The van der Waals surface area contributed by atoms with Gasteiger partial charge in [0, 0.05) is 11.8 Å². The van der Waals surface area contributed by atoms with Crippen LogP contribution in [-0.4, -0.2) is 23.2 Å².